The molecule has 0 amide bonds. The Balaban J connectivity index is 1.27. The van der Waals surface area contributed by atoms with Crippen molar-refractivity contribution in [3.63, 3.8) is 0 Å². The molecular weight excluding hydrogens is 567 g/mol. The van der Waals surface area contributed by atoms with Crippen LogP contribution in [0.25, 0.3) is 53.2 Å². The third kappa shape index (κ3) is 3.68. The molecule has 0 bridgehead atoms. The fourth-order valence-electron chi connectivity index (χ4n) is 7.58. The van der Waals surface area contributed by atoms with E-state index in [2.05, 4.69) is 148 Å². The van der Waals surface area contributed by atoms with Crippen molar-refractivity contribution in [1.82, 2.24) is 0 Å². The Bertz CT molecular complexity index is 2440. The summed E-state index contributed by atoms with van der Waals surface area (Å²) in [5.41, 5.74) is 10.5. The van der Waals surface area contributed by atoms with Gasteiger partial charge in [-0.05, 0) is 76.2 Å². The SMILES string of the molecule is CC1(C)c2cc(N(c3ccccc3)c3ccc4c(c3)oc3ccccc34)ccc2-c2ccc3c(sc4ccccc43)c2C1(C)C. The van der Waals surface area contributed by atoms with Crippen molar-refractivity contribution in [2.75, 3.05) is 4.90 Å². The lowest BCUT2D eigenvalue weighted by molar-refractivity contribution is 0.301. The Labute approximate surface area is 267 Å². The van der Waals surface area contributed by atoms with Crippen molar-refractivity contribution in [1.29, 1.82) is 0 Å². The van der Waals surface area contributed by atoms with E-state index in [4.69, 9.17) is 4.42 Å². The quantitative estimate of drug-likeness (QED) is 0.201. The molecule has 2 aromatic heterocycles. The minimum atomic E-state index is -0.124. The number of nitrogens with zero attached hydrogens (tertiary/aromatic N) is 1. The van der Waals surface area contributed by atoms with Gasteiger partial charge in [0.2, 0.25) is 0 Å². The van der Waals surface area contributed by atoms with Crippen molar-refractivity contribution in [2.24, 2.45) is 0 Å². The maximum Gasteiger partial charge on any atom is 0.137 e. The van der Waals surface area contributed by atoms with Gasteiger partial charge in [0.25, 0.3) is 0 Å². The summed E-state index contributed by atoms with van der Waals surface area (Å²) in [6.45, 7) is 9.74. The van der Waals surface area contributed by atoms with Gasteiger partial charge in [-0.25, -0.2) is 0 Å². The van der Waals surface area contributed by atoms with Gasteiger partial charge in [-0.2, -0.15) is 0 Å². The molecule has 0 aliphatic heterocycles. The van der Waals surface area contributed by atoms with Crippen LogP contribution in [-0.2, 0) is 10.8 Å². The van der Waals surface area contributed by atoms with Gasteiger partial charge in [0.15, 0.2) is 0 Å². The Hall–Kier alpha value is -4.86. The molecule has 6 aromatic carbocycles. The van der Waals surface area contributed by atoms with Gasteiger partial charge in [-0.1, -0.05) is 100 Å². The third-order valence-electron chi connectivity index (χ3n) is 10.6. The number of thiophene rings is 1. The Kier molecular flexibility index (Phi) is 5.50. The molecule has 0 N–H and O–H groups in total. The minimum Gasteiger partial charge on any atom is -0.456 e. The standard InChI is InChI=1S/C42H33NOS/c1-41(2)35-24-27(18-20-29(35)33-22-23-34-32-15-9-11-17-38(32)45-40(34)39(33)42(41,3)4)43(26-12-6-5-7-13-26)28-19-21-31-30-14-8-10-16-36(30)44-37(31)25-28/h5-25H,1-4H3. The number of anilines is 3. The van der Waals surface area contributed by atoms with Gasteiger partial charge in [0.05, 0.1) is 0 Å². The number of benzene rings is 6. The predicted octanol–water partition coefficient (Wildman–Crippen LogP) is 12.7. The smallest absolute Gasteiger partial charge is 0.137 e. The van der Waals surface area contributed by atoms with Crippen molar-refractivity contribution < 1.29 is 4.42 Å². The number of rotatable bonds is 3. The first-order valence-electron chi connectivity index (χ1n) is 15.7. The molecule has 8 aromatic rings. The van der Waals surface area contributed by atoms with E-state index in [0.29, 0.717) is 0 Å². The van der Waals surface area contributed by atoms with E-state index in [1.165, 1.54) is 42.4 Å². The highest BCUT2D eigenvalue weighted by atomic mass is 32.1. The molecule has 45 heavy (non-hydrogen) atoms. The van der Waals surface area contributed by atoms with Gasteiger partial charge in [0.1, 0.15) is 11.2 Å². The second kappa shape index (κ2) is 9.32. The van der Waals surface area contributed by atoms with Crippen molar-refractivity contribution in [3.8, 4) is 11.1 Å². The van der Waals surface area contributed by atoms with Crippen molar-refractivity contribution >= 4 is 70.5 Å². The van der Waals surface area contributed by atoms with Crippen molar-refractivity contribution in [2.45, 2.75) is 38.5 Å². The van der Waals surface area contributed by atoms with Crippen LogP contribution in [0.3, 0.4) is 0 Å². The Morgan fingerprint density at radius 3 is 2.00 bits per heavy atom. The first kappa shape index (κ1) is 26.5. The topological polar surface area (TPSA) is 16.4 Å². The molecule has 0 saturated heterocycles. The normalized spacial score (nSPS) is 15.0. The highest BCUT2D eigenvalue weighted by Crippen LogP contribution is 2.58. The van der Waals surface area contributed by atoms with E-state index in [9.17, 15) is 0 Å². The van der Waals surface area contributed by atoms with Crippen LogP contribution in [0.2, 0.25) is 0 Å². The van der Waals surface area contributed by atoms with Crippen LogP contribution in [0.4, 0.5) is 17.1 Å². The van der Waals surface area contributed by atoms with E-state index in [1.54, 1.807) is 0 Å². The average molecular weight is 600 g/mol. The van der Waals surface area contributed by atoms with Crippen LogP contribution >= 0.6 is 11.3 Å². The van der Waals surface area contributed by atoms with Gasteiger partial charge in [-0.15, -0.1) is 11.3 Å². The molecule has 2 heterocycles. The van der Waals surface area contributed by atoms with Crippen molar-refractivity contribution in [3.05, 3.63) is 139 Å². The number of hydrogen-bond acceptors (Lipinski definition) is 3. The summed E-state index contributed by atoms with van der Waals surface area (Å²) in [6, 6.07) is 46.2. The molecule has 0 radical (unpaired) electrons. The lowest BCUT2D eigenvalue weighted by atomic mass is 9.55. The third-order valence-corrected chi connectivity index (χ3v) is 11.8. The van der Waals surface area contributed by atoms with Crippen LogP contribution in [-0.4, -0.2) is 0 Å². The number of furan rings is 1. The fraction of sp³-hybridized carbons (Fsp3) is 0.143. The predicted molar refractivity (Wildman–Crippen MR) is 193 cm³/mol. The molecular formula is C42H33NOS. The highest BCUT2D eigenvalue weighted by molar-refractivity contribution is 7.26. The lowest BCUT2D eigenvalue weighted by Crippen LogP contribution is -2.43. The fourth-order valence-corrected chi connectivity index (χ4v) is 8.99. The summed E-state index contributed by atoms with van der Waals surface area (Å²) in [6.07, 6.45) is 0. The van der Waals surface area contributed by atoms with Crippen LogP contribution in [0.1, 0.15) is 38.8 Å². The second-order valence-corrected chi connectivity index (χ2v) is 14.4. The summed E-state index contributed by atoms with van der Waals surface area (Å²) < 4.78 is 9.12. The second-order valence-electron chi connectivity index (χ2n) is 13.4. The molecule has 3 heteroatoms. The molecule has 218 valence electrons. The summed E-state index contributed by atoms with van der Waals surface area (Å²) in [4.78, 5) is 2.36. The first-order chi connectivity index (χ1) is 21.8. The largest absolute Gasteiger partial charge is 0.456 e. The molecule has 0 unspecified atom stereocenters. The van der Waals surface area contributed by atoms with Gasteiger partial charge < -0.3 is 9.32 Å². The zero-order chi connectivity index (χ0) is 30.5. The average Bonchev–Trinajstić information content (AvgIpc) is 3.62. The molecule has 9 rings (SSSR count). The Morgan fingerprint density at radius 1 is 0.511 bits per heavy atom. The molecule has 1 aliphatic rings. The molecule has 0 spiro atoms. The maximum absolute atomic E-state index is 6.34. The van der Waals surface area contributed by atoms with Gasteiger partial charge >= 0.3 is 0 Å². The summed E-state index contributed by atoms with van der Waals surface area (Å²) in [7, 11) is 0. The summed E-state index contributed by atoms with van der Waals surface area (Å²) >= 11 is 1.94. The van der Waals surface area contributed by atoms with E-state index in [1.807, 2.05) is 23.5 Å². The number of para-hydroxylation sites is 2. The first-order valence-corrected chi connectivity index (χ1v) is 16.5. The van der Waals surface area contributed by atoms with E-state index < -0.39 is 0 Å². The van der Waals surface area contributed by atoms with E-state index in [0.717, 1.165) is 39.0 Å². The minimum absolute atomic E-state index is 0.0981. The summed E-state index contributed by atoms with van der Waals surface area (Å²) in [5.74, 6) is 0. The molecule has 0 fully saturated rings. The van der Waals surface area contributed by atoms with E-state index >= 15 is 0 Å². The molecule has 2 nitrogen and oxygen atoms in total. The molecule has 1 aliphatic carbocycles. The highest BCUT2D eigenvalue weighted by Gasteiger charge is 2.47. The monoisotopic (exact) mass is 599 g/mol. The summed E-state index contributed by atoms with van der Waals surface area (Å²) in [5, 5.41) is 5.01. The molecule has 0 atom stereocenters. The Morgan fingerprint density at radius 2 is 1.16 bits per heavy atom. The number of hydrogen-bond donors (Lipinski definition) is 0. The van der Waals surface area contributed by atoms with E-state index in [-0.39, 0.29) is 10.8 Å². The number of fused-ring (bicyclic) bond motifs is 10. The lowest BCUT2D eigenvalue weighted by Gasteiger charge is -2.48. The van der Waals surface area contributed by atoms with Crippen LogP contribution in [0.15, 0.2) is 132 Å². The zero-order valence-electron chi connectivity index (χ0n) is 25.9. The van der Waals surface area contributed by atoms with Gasteiger partial charge in [0, 0.05) is 59.5 Å². The van der Waals surface area contributed by atoms with Crippen LogP contribution in [0, 0.1) is 0 Å². The molecule has 0 saturated carbocycles. The maximum atomic E-state index is 6.34. The van der Waals surface area contributed by atoms with Crippen LogP contribution in [0.5, 0.6) is 0 Å². The van der Waals surface area contributed by atoms with Gasteiger partial charge in [-0.3, -0.25) is 0 Å². The van der Waals surface area contributed by atoms with Crippen LogP contribution < -0.4 is 4.90 Å². The zero-order valence-corrected chi connectivity index (χ0v) is 26.7.